The van der Waals surface area contributed by atoms with Crippen LogP contribution in [0.1, 0.15) is 36.9 Å². The zero-order chi connectivity index (χ0) is 15.5. The summed E-state index contributed by atoms with van der Waals surface area (Å²) in [5.41, 5.74) is 0. The second-order valence-electron chi connectivity index (χ2n) is 6.00. The molecule has 0 radical (unpaired) electrons. The highest BCUT2D eigenvalue weighted by atomic mass is 16.5. The third-order valence-electron chi connectivity index (χ3n) is 4.35. The van der Waals surface area contributed by atoms with Crippen molar-refractivity contribution in [3.63, 3.8) is 0 Å². The fraction of sp³-hybridized carbons (Fsp3) is 0.667. The van der Waals surface area contributed by atoms with Crippen LogP contribution in [0.15, 0.2) is 16.9 Å². The Hall–Kier alpha value is -1.73. The van der Waals surface area contributed by atoms with E-state index in [-0.39, 0.29) is 6.04 Å². The van der Waals surface area contributed by atoms with Crippen LogP contribution in [-0.2, 0) is 24.3 Å². The highest BCUT2D eigenvalue weighted by Crippen LogP contribution is 2.23. The Morgan fingerprint density at radius 2 is 2.41 bits per heavy atom. The minimum atomic E-state index is 0.0993. The van der Waals surface area contributed by atoms with Crippen molar-refractivity contribution in [1.29, 1.82) is 0 Å². The second-order valence-corrected chi connectivity index (χ2v) is 6.00. The number of hydrogen-bond acceptors (Lipinski definition) is 6. The van der Waals surface area contributed by atoms with Crippen molar-refractivity contribution in [1.82, 2.24) is 24.6 Å². The van der Waals surface area contributed by atoms with E-state index in [0.29, 0.717) is 24.2 Å². The summed E-state index contributed by atoms with van der Waals surface area (Å²) in [6.45, 7) is 4.51. The predicted molar refractivity (Wildman–Crippen MR) is 80.1 cm³/mol. The Kier molecular flexibility index (Phi) is 4.54. The van der Waals surface area contributed by atoms with Gasteiger partial charge in [0.1, 0.15) is 12.4 Å². The van der Waals surface area contributed by atoms with Crippen LogP contribution < -0.4 is 0 Å². The maximum absolute atomic E-state index is 5.34. The topological polar surface area (TPSA) is 69.2 Å². The molecule has 2 aromatic heterocycles. The van der Waals surface area contributed by atoms with E-state index >= 15 is 0 Å². The van der Waals surface area contributed by atoms with Gasteiger partial charge >= 0.3 is 0 Å². The van der Waals surface area contributed by atoms with Crippen LogP contribution in [0, 0.1) is 5.92 Å². The fourth-order valence-corrected chi connectivity index (χ4v) is 2.96. The molecule has 1 aliphatic heterocycles. The SMILES string of the molecule is COCc1noc(C(C)N(C)CC2CCc3nccn3C2)n1. The molecule has 3 heterocycles. The van der Waals surface area contributed by atoms with Crippen molar-refractivity contribution >= 4 is 0 Å². The molecule has 120 valence electrons. The van der Waals surface area contributed by atoms with Gasteiger partial charge < -0.3 is 13.8 Å². The van der Waals surface area contributed by atoms with Crippen LogP contribution in [-0.4, -0.2) is 45.3 Å². The zero-order valence-electron chi connectivity index (χ0n) is 13.4. The molecule has 0 saturated carbocycles. The highest BCUT2D eigenvalue weighted by molar-refractivity contribution is 4.97. The Balaban J connectivity index is 1.58. The smallest absolute Gasteiger partial charge is 0.243 e. The quantitative estimate of drug-likeness (QED) is 0.808. The Labute approximate surface area is 130 Å². The zero-order valence-corrected chi connectivity index (χ0v) is 13.4. The number of rotatable bonds is 6. The first kappa shape index (κ1) is 15.2. The fourth-order valence-electron chi connectivity index (χ4n) is 2.96. The highest BCUT2D eigenvalue weighted by Gasteiger charge is 2.24. The number of hydrogen-bond donors (Lipinski definition) is 0. The van der Waals surface area contributed by atoms with E-state index in [4.69, 9.17) is 9.26 Å². The molecule has 0 saturated heterocycles. The van der Waals surface area contributed by atoms with E-state index in [1.807, 2.05) is 6.20 Å². The standard InChI is InChI=1S/C15H23N5O2/c1-11(15-17-13(10-21-3)18-22-15)19(2)8-12-4-5-14-16-6-7-20(14)9-12/h6-7,11-12H,4-5,8-10H2,1-3H3. The number of methoxy groups -OCH3 is 1. The van der Waals surface area contributed by atoms with Crippen molar-refractivity contribution in [2.24, 2.45) is 5.92 Å². The summed E-state index contributed by atoms with van der Waals surface area (Å²) < 4.78 is 12.6. The lowest BCUT2D eigenvalue weighted by molar-refractivity contribution is 0.163. The largest absolute Gasteiger partial charge is 0.377 e. The van der Waals surface area contributed by atoms with Gasteiger partial charge in [0.2, 0.25) is 5.89 Å². The van der Waals surface area contributed by atoms with Gasteiger partial charge in [0.25, 0.3) is 0 Å². The molecule has 0 aliphatic carbocycles. The lowest BCUT2D eigenvalue weighted by Crippen LogP contribution is -2.33. The first-order chi connectivity index (χ1) is 10.7. The maximum Gasteiger partial charge on any atom is 0.243 e. The van der Waals surface area contributed by atoms with Crippen LogP contribution in [0.5, 0.6) is 0 Å². The molecule has 3 rings (SSSR count). The molecule has 0 aromatic carbocycles. The molecule has 22 heavy (non-hydrogen) atoms. The monoisotopic (exact) mass is 305 g/mol. The summed E-state index contributed by atoms with van der Waals surface area (Å²) >= 11 is 0. The van der Waals surface area contributed by atoms with Crippen molar-refractivity contribution in [2.45, 2.75) is 39.0 Å². The lowest BCUT2D eigenvalue weighted by atomic mass is 9.98. The molecule has 2 aromatic rings. The van der Waals surface area contributed by atoms with Gasteiger partial charge in [-0.3, -0.25) is 4.90 Å². The van der Waals surface area contributed by atoms with Crippen molar-refractivity contribution in [3.8, 4) is 0 Å². The Morgan fingerprint density at radius 3 is 3.23 bits per heavy atom. The van der Waals surface area contributed by atoms with Crippen LogP contribution >= 0.6 is 0 Å². The van der Waals surface area contributed by atoms with E-state index in [0.717, 1.165) is 19.5 Å². The summed E-state index contributed by atoms with van der Waals surface area (Å²) in [6.07, 6.45) is 6.19. The summed E-state index contributed by atoms with van der Waals surface area (Å²) in [4.78, 5) is 11.0. The number of aromatic nitrogens is 4. The number of aryl methyl sites for hydroxylation is 1. The van der Waals surface area contributed by atoms with Crippen molar-refractivity contribution in [3.05, 3.63) is 29.9 Å². The van der Waals surface area contributed by atoms with Gasteiger partial charge in [-0.1, -0.05) is 5.16 Å². The molecule has 2 unspecified atom stereocenters. The minimum Gasteiger partial charge on any atom is -0.377 e. The first-order valence-corrected chi connectivity index (χ1v) is 7.69. The van der Waals surface area contributed by atoms with E-state index in [2.05, 4.69) is 44.8 Å². The number of fused-ring (bicyclic) bond motifs is 1. The number of ether oxygens (including phenoxy) is 1. The van der Waals surface area contributed by atoms with Crippen LogP contribution in [0.25, 0.3) is 0 Å². The van der Waals surface area contributed by atoms with E-state index < -0.39 is 0 Å². The molecule has 2 atom stereocenters. The minimum absolute atomic E-state index is 0.0993. The summed E-state index contributed by atoms with van der Waals surface area (Å²) in [6, 6.07) is 0.0993. The molecule has 0 bridgehead atoms. The predicted octanol–water partition coefficient (Wildman–Crippen LogP) is 1.67. The molecule has 1 aliphatic rings. The average Bonchev–Trinajstić information content (AvgIpc) is 3.15. The molecule has 7 heteroatoms. The van der Waals surface area contributed by atoms with E-state index in [1.54, 1.807) is 7.11 Å². The summed E-state index contributed by atoms with van der Waals surface area (Å²) in [7, 11) is 3.73. The van der Waals surface area contributed by atoms with Crippen LogP contribution in [0.2, 0.25) is 0 Å². The Bertz CT molecular complexity index is 609. The van der Waals surface area contributed by atoms with Gasteiger partial charge in [0, 0.05) is 39.0 Å². The molecular formula is C15H23N5O2. The summed E-state index contributed by atoms with van der Waals surface area (Å²) in [5.74, 6) is 3.07. The average molecular weight is 305 g/mol. The van der Waals surface area contributed by atoms with Crippen LogP contribution in [0.3, 0.4) is 0 Å². The second kappa shape index (κ2) is 6.58. The van der Waals surface area contributed by atoms with Crippen LogP contribution in [0.4, 0.5) is 0 Å². The molecule has 0 amide bonds. The van der Waals surface area contributed by atoms with Gasteiger partial charge in [-0.2, -0.15) is 4.98 Å². The molecular weight excluding hydrogens is 282 g/mol. The van der Waals surface area contributed by atoms with Gasteiger partial charge in [-0.05, 0) is 26.3 Å². The van der Waals surface area contributed by atoms with Crippen molar-refractivity contribution in [2.75, 3.05) is 20.7 Å². The van der Waals surface area contributed by atoms with Gasteiger partial charge in [0.05, 0.1) is 6.04 Å². The van der Waals surface area contributed by atoms with Gasteiger partial charge in [-0.25, -0.2) is 4.98 Å². The van der Waals surface area contributed by atoms with Gasteiger partial charge in [-0.15, -0.1) is 0 Å². The third-order valence-corrected chi connectivity index (χ3v) is 4.35. The normalized spacial score (nSPS) is 19.4. The molecule has 7 nitrogen and oxygen atoms in total. The van der Waals surface area contributed by atoms with Crippen molar-refractivity contribution < 1.29 is 9.26 Å². The van der Waals surface area contributed by atoms with E-state index in [9.17, 15) is 0 Å². The van der Waals surface area contributed by atoms with Gasteiger partial charge in [0.15, 0.2) is 5.82 Å². The maximum atomic E-state index is 5.34. The van der Waals surface area contributed by atoms with E-state index in [1.165, 1.54) is 12.2 Å². The molecule has 0 spiro atoms. The third kappa shape index (κ3) is 3.20. The molecule has 0 fully saturated rings. The number of nitrogens with zero attached hydrogens (tertiary/aromatic N) is 5. The molecule has 0 N–H and O–H groups in total. The Morgan fingerprint density at radius 1 is 1.55 bits per heavy atom. The number of imidazole rings is 1. The summed E-state index contributed by atoms with van der Waals surface area (Å²) in [5, 5.41) is 3.93. The lowest BCUT2D eigenvalue weighted by Gasteiger charge is -2.30. The first-order valence-electron chi connectivity index (χ1n) is 7.69.